The third-order valence-electron chi connectivity index (χ3n) is 9.81. The van der Waals surface area contributed by atoms with Crippen molar-refractivity contribution >= 4 is 0 Å². The molecule has 1 unspecified atom stereocenters. The van der Waals surface area contributed by atoms with Gasteiger partial charge in [0, 0.05) is 25.9 Å². The van der Waals surface area contributed by atoms with E-state index in [1.165, 1.54) is 141 Å². The van der Waals surface area contributed by atoms with E-state index in [-0.39, 0.29) is 11.9 Å². The number of unbranched alkanes of at least 4 members (excludes halogenated alkanes) is 18. The highest BCUT2D eigenvalue weighted by atomic mass is 16.7. The maximum Gasteiger partial charge on any atom is 0.168 e. The Hall–Kier alpha value is -1.20. The Balaban J connectivity index is 2.23. The van der Waals surface area contributed by atoms with Crippen LogP contribution < -0.4 is 5.32 Å². The van der Waals surface area contributed by atoms with Gasteiger partial charge in [0.15, 0.2) is 5.79 Å². The summed E-state index contributed by atoms with van der Waals surface area (Å²) in [7, 11) is 4.26. The molecule has 1 N–H and O–H groups in total. The summed E-state index contributed by atoms with van der Waals surface area (Å²) in [4.78, 5) is 2.23. The zero-order valence-corrected chi connectivity index (χ0v) is 33.4. The first-order chi connectivity index (χ1) is 24.1. The second-order valence-corrected chi connectivity index (χ2v) is 15.0. The summed E-state index contributed by atoms with van der Waals surface area (Å²) in [5.41, 5.74) is 0. The van der Waals surface area contributed by atoms with E-state index in [1.54, 1.807) is 0 Å². The molecule has 286 valence electrons. The van der Waals surface area contributed by atoms with Crippen LogP contribution in [0.3, 0.4) is 0 Å². The van der Waals surface area contributed by atoms with E-state index in [4.69, 9.17) is 9.47 Å². The molecular formula is C45H84N2O2. The monoisotopic (exact) mass is 685 g/mol. The van der Waals surface area contributed by atoms with Crippen molar-refractivity contribution in [2.24, 2.45) is 0 Å². The first-order valence-electron chi connectivity index (χ1n) is 21.4. The van der Waals surface area contributed by atoms with Crippen molar-refractivity contribution in [2.45, 2.75) is 199 Å². The molecule has 0 saturated carbocycles. The lowest BCUT2D eigenvalue weighted by molar-refractivity contribution is -0.179. The predicted molar refractivity (Wildman–Crippen MR) is 218 cm³/mol. The molecule has 0 amide bonds. The van der Waals surface area contributed by atoms with Crippen LogP contribution in [0, 0.1) is 0 Å². The van der Waals surface area contributed by atoms with Crippen molar-refractivity contribution in [1.82, 2.24) is 10.2 Å². The van der Waals surface area contributed by atoms with Crippen molar-refractivity contribution in [3.8, 4) is 0 Å². The molecule has 0 spiro atoms. The highest BCUT2D eigenvalue weighted by Crippen LogP contribution is 2.35. The average Bonchev–Trinajstić information content (AvgIpc) is 3.50. The largest absolute Gasteiger partial charge is 0.347 e. The van der Waals surface area contributed by atoms with Gasteiger partial charge >= 0.3 is 0 Å². The number of hydrogen-bond donors (Lipinski definition) is 1. The normalized spacial score (nSPS) is 16.6. The minimum Gasteiger partial charge on any atom is -0.347 e. The van der Waals surface area contributed by atoms with Crippen LogP contribution in [-0.2, 0) is 9.47 Å². The van der Waals surface area contributed by atoms with Gasteiger partial charge in [0.25, 0.3) is 0 Å². The van der Waals surface area contributed by atoms with E-state index in [0.717, 1.165) is 58.3 Å². The Morgan fingerprint density at radius 2 is 0.980 bits per heavy atom. The highest BCUT2D eigenvalue weighted by molar-refractivity contribution is 4.93. The number of rotatable bonds is 36. The van der Waals surface area contributed by atoms with Crippen LogP contribution in [0.2, 0.25) is 0 Å². The third-order valence-corrected chi connectivity index (χ3v) is 9.81. The highest BCUT2D eigenvalue weighted by Gasteiger charge is 2.40. The molecule has 49 heavy (non-hydrogen) atoms. The smallest absolute Gasteiger partial charge is 0.168 e. The molecule has 0 aromatic rings. The molecule has 1 atom stereocenters. The molecule has 1 saturated heterocycles. The van der Waals surface area contributed by atoms with E-state index in [9.17, 15) is 0 Å². The van der Waals surface area contributed by atoms with Gasteiger partial charge in [0.05, 0.1) is 12.7 Å². The van der Waals surface area contributed by atoms with Crippen molar-refractivity contribution < 1.29 is 9.47 Å². The zero-order chi connectivity index (χ0) is 35.4. The van der Waals surface area contributed by atoms with Gasteiger partial charge in [-0.1, -0.05) is 140 Å². The van der Waals surface area contributed by atoms with Crippen molar-refractivity contribution in [3.05, 3.63) is 48.6 Å². The molecule has 1 aliphatic rings. The molecule has 1 aliphatic heterocycles. The van der Waals surface area contributed by atoms with Crippen LogP contribution in [-0.4, -0.2) is 57.1 Å². The lowest BCUT2D eigenvalue weighted by Gasteiger charge is -2.28. The number of ether oxygens (including phenoxy) is 2. The van der Waals surface area contributed by atoms with Gasteiger partial charge in [-0.3, -0.25) is 0 Å². The topological polar surface area (TPSA) is 33.7 Å². The molecular weight excluding hydrogens is 601 g/mol. The van der Waals surface area contributed by atoms with Crippen LogP contribution in [0.15, 0.2) is 48.6 Å². The Bertz CT molecular complexity index is 754. The van der Waals surface area contributed by atoms with Gasteiger partial charge in [0.1, 0.15) is 0 Å². The van der Waals surface area contributed by atoms with Gasteiger partial charge in [-0.2, -0.15) is 0 Å². The summed E-state index contributed by atoms with van der Waals surface area (Å²) in [5, 5.41) is 3.58. The average molecular weight is 685 g/mol. The summed E-state index contributed by atoms with van der Waals surface area (Å²) in [6.45, 7) is 8.42. The number of hydrogen-bond acceptors (Lipinski definition) is 4. The van der Waals surface area contributed by atoms with E-state index in [2.05, 4.69) is 86.8 Å². The first-order valence-corrected chi connectivity index (χ1v) is 21.4. The summed E-state index contributed by atoms with van der Waals surface area (Å²) < 4.78 is 13.2. The van der Waals surface area contributed by atoms with Crippen LogP contribution in [0.1, 0.15) is 187 Å². The van der Waals surface area contributed by atoms with Crippen LogP contribution in [0.5, 0.6) is 0 Å². The van der Waals surface area contributed by atoms with Gasteiger partial charge in [-0.25, -0.2) is 0 Å². The number of allylic oxidation sites excluding steroid dienone is 8. The zero-order valence-electron chi connectivity index (χ0n) is 33.4. The molecule has 0 aromatic heterocycles. The number of likely N-dealkylation sites (N-methyl/N-ethyl adjacent to an activating group) is 1. The van der Waals surface area contributed by atoms with Gasteiger partial charge in [-0.05, 0) is 104 Å². The summed E-state index contributed by atoms with van der Waals surface area (Å²) in [5.74, 6) is -0.335. The Labute approximate surface area is 307 Å². The molecule has 0 aromatic carbocycles. The minimum atomic E-state index is -0.335. The molecule has 4 heteroatoms. The van der Waals surface area contributed by atoms with Crippen LogP contribution in [0.25, 0.3) is 0 Å². The Morgan fingerprint density at radius 3 is 1.43 bits per heavy atom. The molecule has 0 aliphatic carbocycles. The van der Waals surface area contributed by atoms with E-state index >= 15 is 0 Å². The number of nitrogens with one attached hydrogen (secondary N) is 1. The fourth-order valence-electron chi connectivity index (χ4n) is 6.60. The van der Waals surface area contributed by atoms with Crippen LogP contribution in [0.4, 0.5) is 0 Å². The maximum absolute atomic E-state index is 6.73. The minimum absolute atomic E-state index is 0.237. The molecule has 1 fully saturated rings. The summed E-state index contributed by atoms with van der Waals surface area (Å²) >= 11 is 0. The fourth-order valence-corrected chi connectivity index (χ4v) is 6.60. The van der Waals surface area contributed by atoms with Crippen molar-refractivity contribution in [1.29, 1.82) is 0 Å². The lowest BCUT2D eigenvalue weighted by Crippen LogP contribution is -2.32. The predicted octanol–water partition coefficient (Wildman–Crippen LogP) is 13.0. The molecule has 4 nitrogen and oxygen atoms in total. The third kappa shape index (κ3) is 30.2. The Kier molecular flexibility index (Phi) is 32.9. The summed E-state index contributed by atoms with van der Waals surface area (Å²) in [6.07, 6.45) is 53.2. The Morgan fingerprint density at radius 1 is 0.551 bits per heavy atom. The van der Waals surface area contributed by atoms with Gasteiger partial charge in [0.2, 0.25) is 0 Å². The standard InChI is InChI=1S/C45H84N2O2/c1-5-7-9-11-13-15-17-19-21-23-25-27-29-31-33-35-38-45(48-43-44(49-45)37-40-46-41-42-47(3)4)39-36-34-32-30-28-26-24-22-20-18-16-14-12-10-8-6-2/h13-16,19-22,44,46H,5-12,17-18,23-43H2,1-4H3/b15-13-,16-14-,21-19-,22-20-. The van der Waals surface area contributed by atoms with E-state index in [0.29, 0.717) is 0 Å². The molecule has 0 radical (unpaired) electrons. The van der Waals surface area contributed by atoms with Gasteiger partial charge < -0.3 is 19.7 Å². The second kappa shape index (κ2) is 35.2. The summed E-state index contributed by atoms with van der Waals surface area (Å²) in [6, 6.07) is 0. The fraction of sp³-hybridized carbons (Fsp3) is 0.822. The molecule has 1 rings (SSSR count). The quantitative estimate of drug-likeness (QED) is 0.0526. The second-order valence-electron chi connectivity index (χ2n) is 15.0. The van der Waals surface area contributed by atoms with Gasteiger partial charge in [-0.15, -0.1) is 0 Å². The number of nitrogens with zero attached hydrogens (tertiary/aromatic N) is 1. The first kappa shape index (κ1) is 45.8. The van der Waals surface area contributed by atoms with Crippen molar-refractivity contribution in [2.75, 3.05) is 40.3 Å². The van der Waals surface area contributed by atoms with Crippen molar-refractivity contribution in [3.63, 3.8) is 0 Å². The van der Waals surface area contributed by atoms with E-state index in [1.807, 2.05) is 0 Å². The SMILES string of the molecule is CCCCC/C=C\C/C=C\CCCCCCCCC1(CCCCCCCC/C=C\C/C=C\CCCCC)OCC(CCNCCN(C)C)O1. The maximum atomic E-state index is 6.73. The molecule has 1 heterocycles. The van der Waals surface area contributed by atoms with E-state index < -0.39 is 0 Å². The molecule has 0 bridgehead atoms. The van der Waals surface area contributed by atoms with Crippen LogP contribution >= 0.6 is 0 Å². The lowest BCUT2D eigenvalue weighted by atomic mass is 9.98.